The molecule has 1 atom stereocenters. The molecule has 0 aliphatic carbocycles. The van der Waals surface area contributed by atoms with Crippen molar-refractivity contribution in [3.63, 3.8) is 0 Å². The molecule has 1 aliphatic rings. The molecular weight excluding hydrogens is 366 g/mol. The highest BCUT2D eigenvalue weighted by molar-refractivity contribution is 7.80. The van der Waals surface area contributed by atoms with Crippen LogP contribution in [-0.2, 0) is 9.59 Å². The van der Waals surface area contributed by atoms with Gasteiger partial charge in [-0.15, -0.1) is 0 Å². The Bertz CT molecular complexity index is 952. The van der Waals surface area contributed by atoms with E-state index in [4.69, 9.17) is 17.3 Å². The van der Waals surface area contributed by atoms with Crippen molar-refractivity contribution < 1.29 is 19.5 Å². The zero-order valence-corrected chi connectivity index (χ0v) is 15.1. The molecule has 0 radical (unpaired) electrons. The number of rotatable bonds is 4. The number of benzene rings is 2. The van der Waals surface area contributed by atoms with Gasteiger partial charge in [0.15, 0.2) is 11.0 Å². The molecule has 1 saturated heterocycles. The number of carbonyl (C=O) groups is 3. The fourth-order valence-corrected chi connectivity index (χ4v) is 2.81. The number of aliphatic imine (C=N–C) groups is 1. The van der Waals surface area contributed by atoms with Gasteiger partial charge in [0.25, 0.3) is 5.91 Å². The lowest BCUT2D eigenvalue weighted by Gasteiger charge is -2.30. The lowest BCUT2D eigenvalue weighted by Crippen LogP contribution is -2.58. The van der Waals surface area contributed by atoms with Gasteiger partial charge in [0.05, 0.1) is 16.9 Å². The molecule has 2 amide bonds. The molecule has 1 heterocycles. The van der Waals surface area contributed by atoms with Crippen LogP contribution >= 0.6 is 12.2 Å². The molecule has 136 valence electrons. The number of amides is 2. The zero-order valence-electron chi connectivity index (χ0n) is 14.2. The minimum Gasteiger partial charge on any atom is -0.478 e. The lowest BCUT2D eigenvalue weighted by atomic mass is 10.1. The number of hydrogen-bond acceptors (Lipinski definition) is 5. The van der Waals surface area contributed by atoms with E-state index in [9.17, 15) is 14.4 Å². The minimum atomic E-state index is -1.14. The van der Waals surface area contributed by atoms with E-state index >= 15 is 0 Å². The molecule has 0 aromatic heterocycles. The minimum absolute atomic E-state index is 0.0179. The van der Waals surface area contributed by atoms with Crippen LogP contribution in [-0.4, -0.2) is 34.2 Å². The van der Waals surface area contributed by atoms with Crippen molar-refractivity contribution in [2.45, 2.75) is 6.92 Å². The first-order valence-corrected chi connectivity index (χ1v) is 8.40. The molecule has 27 heavy (non-hydrogen) atoms. The predicted octanol–water partition coefficient (Wildman–Crippen LogP) is 2.46. The highest BCUT2D eigenvalue weighted by Gasteiger charge is 2.38. The van der Waals surface area contributed by atoms with Crippen molar-refractivity contribution in [1.29, 1.82) is 0 Å². The fraction of sp³-hybridized carbons (Fsp3) is 0.105. The van der Waals surface area contributed by atoms with Gasteiger partial charge in [-0.1, -0.05) is 17.7 Å². The SMILES string of the molecule is Cc1ccc(N2C(=O)[C@@H](C=Nc3ccc(C(=O)O)cc3)C(=O)NC2=S)cc1. The monoisotopic (exact) mass is 381 g/mol. The second kappa shape index (κ2) is 7.46. The van der Waals surface area contributed by atoms with E-state index in [0.29, 0.717) is 11.4 Å². The van der Waals surface area contributed by atoms with Gasteiger partial charge in [-0.05, 0) is 55.5 Å². The van der Waals surface area contributed by atoms with Crippen LogP contribution in [0.2, 0.25) is 0 Å². The topological polar surface area (TPSA) is 99.1 Å². The summed E-state index contributed by atoms with van der Waals surface area (Å²) in [7, 11) is 0. The summed E-state index contributed by atoms with van der Waals surface area (Å²) < 4.78 is 0. The third-order valence-electron chi connectivity index (χ3n) is 3.98. The van der Waals surface area contributed by atoms with Crippen LogP contribution in [0.25, 0.3) is 0 Å². The molecule has 0 saturated carbocycles. The van der Waals surface area contributed by atoms with Crippen molar-refractivity contribution in [2.75, 3.05) is 4.90 Å². The summed E-state index contributed by atoms with van der Waals surface area (Å²) in [6.45, 7) is 1.92. The van der Waals surface area contributed by atoms with E-state index in [1.165, 1.54) is 35.4 Å². The number of carboxylic acid groups (broad SMARTS) is 1. The third-order valence-corrected chi connectivity index (χ3v) is 4.27. The normalized spacial score (nSPS) is 17.3. The number of anilines is 1. The van der Waals surface area contributed by atoms with Crippen molar-refractivity contribution in [3.8, 4) is 0 Å². The molecular formula is C19H15N3O4S. The molecule has 2 aromatic rings. The van der Waals surface area contributed by atoms with Crippen LogP contribution in [0, 0.1) is 12.8 Å². The Kier molecular flexibility index (Phi) is 5.09. The fourth-order valence-electron chi connectivity index (χ4n) is 2.51. The molecule has 2 N–H and O–H groups in total. The standard InChI is InChI=1S/C19H15N3O4S/c1-11-2-8-14(9-3-11)22-17(24)15(16(23)21-19(22)27)10-20-13-6-4-12(5-7-13)18(25)26/h2-10,15H,1H3,(H,25,26)(H,21,23,27)/t15-/m0/s1. The quantitative estimate of drug-likeness (QED) is 0.482. The summed E-state index contributed by atoms with van der Waals surface area (Å²) in [5.41, 5.74) is 2.13. The van der Waals surface area contributed by atoms with Gasteiger partial charge in [0.2, 0.25) is 5.91 Å². The van der Waals surface area contributed by atoms with Crippen LogP contribution in [0.5, 0.6) is 0 Å². The maximum Gasteiger partial charge on any atom is 0.335 e. The van der Waals surface area contributed by atoms with E-state index in [1.807, 2.05) is 19.1 Å². The Morgan fingerprint density at radius 3 is 2.37 bits per heavy atom. The molecule has 1 fully saturated rings. The highest BCUT2D eigenvalue weighted by Crippen LogP contribution is 2.21. The Morgan fingerprint density at radius 1 is 1.15 bits per heavy atom. The second-order valence-corrected chi connectivity index (χ2v) is 6.30. The summed E-state index contributed by atoms with van der Waals surface area (Å²) in [4.78, 5) is 41.3. The van der Waals surface area contributed by atoms with Crippen LogP contribution in [0.4, 0.5) is 11.4 Å². The molecule has 8 heteroatoms. The van der Waals surface area contributed by atoms with E-state index in [-0.39, 0.29) is 10.7 Å². The summed E-state index contributed by atoms with van der Waals surface area (Å²) in [5.74, 6) is -3.25. The number of carboxylic acids is 1. The van der Waals surface area contributed by atoms with Gasteiger partial charge in [0.1, 0.15) is 0 Å². The van der Waals surface area contributed by atoms with E-state index < -0.39 is 23.7 Å². The van der Waals surface area contributed by atoms with Gasteiger partial charge >= 0.3 is 5.97 Å². The molecule has 0 unspecified atom stereocenters. The van der Waals surface area contributed by atoms with Gasteiger partial charge in [-0.3, -0.25) is 19.5 Å². The van der Waals surface area contributed by atoms with Crippen molar-refractivity contribution in [1.82, 2.24) is 5.32 Å². The van der Waals surface area contributed by atoms with Crippen molar-refractivity contribution >= 4 is 52.7 Å². The number of aryl methyl sites for hydroxylation is 1. The Labute approximate surface area is 160 Å². The molecule has 2 aromatic carbocycles. The Hall–Kier alpha value is -3.39. The van der Waals surface area contributed by atoms with Crippen molar-refractivity contribution in [3.05, 3.63) is 59.7 Å². The molecule has 0 bridgehead atoms. The van der Waals surface area contributed by atoms with E-state index in [1.54, 1.807) is 12.1 Å². The average Bonchev–Trinajstić information content (AvgIpc) is 2.63. The first-order valence-electron chi connectivity index (χ1n) is 8.00. The number of nitrogens with one attached hydrogen (secondary N) is 1. The molecule has 3 rings (SSSR count). The molecule has 1 aliphatic heterocycles. The van der Waals surface area contributed by atoms with Crippen LogP contribution in [0.15, 0.2) is 53.5 Å². The van der Waals surface area contributed by atoms with Crippen LogP contribution in [0.1, 0.15) is 15.9 Å². The van der Waals surface area contributed by atoms with Gasteiger partial charge in [-0.25, -0.2) is 4.79 Å². The van der Waals surface area contributed by atoms with Crippen LogP contribution in [0.3, 0.4) is 0 Å². The first-order chi connectivity index (χ1) is 12.9. The third kappa shape index (κ3) is 3.90. The summed E-state index contributed by atoms with van der Waals surface area (Å²) >= 11 is 5.14. The molecule has 7 nitrogen and oxygen atoms in total. The summed E-state index contributed by atoms with van der Waals surface area (Å²) in [6.07, 6.45) is 1.23. The Balaban J connectivity index is 1.84. The maximum absolute atomic E-state index is 12.8. The number of carbonyl (C=O) groups excluding carboxylic acids is 2. The number of nitrogens with zero attached hydrogens (tertiary/aromatic N) is 2. The largest absolute Gasteiger partial charge is 0.478 e. The second-order valence-electron chi connectivity index (χ2n) is 5.91. The lowest BCUT2D eigenvalue weighted by molar-refractivity contribution is -0.130. The van der Waals surface area contributed by atoms with Crippen LogP contribution < -0.4 is 10.2 Å². The van der Waals surface area contributed by atoms with Crippen molar-refractivity contribution in [2.24, 2.45) is 10.9 Å². The van der Waals surface area contributed by atoms with Gasteiger partial charge in [0, 0.05) is 6.21 Å². The summed E-state index contributed by atoms with van der Waals surface area (Å²) in [5, 5.41) is 11.4. The van der Waals surface area contributed by atoms with E-state index in [0.717, 1.165) is 5.56 Å². The number of thiocarbonyl (C=S) groups is 1. The van der Waals surface area contributed by atoms with Gasteiger partial charge < -0.3 is 10.4 Å². The average molecular weight is 381 g/mol. The number of aromatic carboxylic acids is 1. The predicted molar refractivity (Wildman–Crippen MR) is 104 cm³/mol. The van der Waals surface area contributed by atoms with Gasteiger partial charge in [-0.2, -0.15) is 0 Å². The zero-order chi connectivity index (χ0) is 19.6. The van der Waals surface area contributed by atoms with E-state index in [2.05, 4.69) is 10.3 Å². The summed E-state index contributed by atoms with van der Waals surface area (Å²) in [6, 6.07) is 13.0. The smallest absolute Gasteiger partial charge is 0.335 e. The molecule has 0 spiro atoms. The highest BCUT2D eigenvalue weighted by atomic mass is 32.1. The number of hydrogen-bond donors (Lipinski definition) is 2. The maximum atomic E-state index is 12.8. The first kappa shape index (κ1) is 18.4. The Morgan fingerprint density at radius 2 is 1.78 bits per heavy atom.